The van der Waals surface area contributed by atoms with Crippen LogP contribution in [0.5, 0.6) is 0 Å². The van der Waals surface area contributed by atoms with E-state index in [1.165, 1.54) is 9.13 Å². The highest BCUT2D eigenvalue weighted by Gasteiger charge is 2.23. The Bertz CT molecular complexity index is 500. The van der Waals surface area contributed by atoms with Gasteiger partial charge in [0.1, 0.15) is 0 Å². The number of aromatic nitrogens is 2. The predicted molar refractivity (Wildman–Crippen MR) is 72.2 cm³/mol. The van der Waals surface area contributed by atoms with Crippen LogP contribution in [0.2, 0.25) is 0 Å². The molecule has 2 atom stereocenters. The highest BCUT2D eigenvalue weighted by Crippen LogP contribution is 2.19. The van der Waals surface area contributed by atoms with Gasteiger partial charge in [-0.05, 0) is 42.4 Å². The maximum atomic E-state index is 11.9. The van der Waals surface area contributed by atoms with Crippen LogP contribution in [0, 0.1) is 3.57 Å². The summed E-state index contributed by atoms with van der Waals surface area (Å²) < 4.78 is 8.90. The molecular formula is C11H15IN2O3. The van der Waals surface area contributed by atoms with Crippen LogP contribution < -0.4 is 11.2 Å². The average molecular weight is 350 g/mol. The first-order valence-electron chi connectivity index (χ1n) is 5.60. The van der Waals surface area contributed by atoms with Gasteiger partial charge in [-0.3, -0.25) is 9.36 Å². The molecule has 1 fully saturated rings. The Kier molecular flexibility index (Phi) is 3.72. The lowest BCUT2D eigenvalue weighted by Gasteiger charge is -2.13. The summed E-state index contributed by atoms with van der Waals surface area (Å²) in [5.41, 5.74) is -0.504. The molecule has 2 unspecified atom stereocenters. The van der Waals surface area contributed by atoms with Crippen LogP contribution in [0.3, 0.4) is 0 Å². The van der Waals surface area contributed by atoms with Crippen molar-refractivity contribution in [3.63, 3.8) is 0 Å². The van der Waals surface area contributed by atoms with Crippen LogP contribution in [0.4, 0.5) is 0 Å². The first-order valence-corrected chi connectivity index (χ1v) is 6.68. The Morgan fingerprint density at radius 1 is 1.47 bits per heavy atom. The minimum Gasteiger partial charge on any atom is -0.373 e. The number of aryl methyl sites for hydroxylation is 1. The van der Waals surface area contributed by atoms with Crippen LogP contribution in [0.15, 0.2) is 15.8 Å². The van der Waals surface area contributed by atoms with E-state index in [-0.39, 0.29) is 23.5 Å². The van der Waals surface area contributed by atoms with Crippen molar-refractivity contribution in [2.75, 3.05) is 0 Å². The smallest absolute Gasteiger partial charge is 0.330 e. The first-order chi connectivity index (χ1) is 7.99. The van der Waals surface area contributed by atoms with E-state index >= 15 is 0 Å². The Labute approximate surface area is 113 Å². The van der Waals surface area contributed by atoms with Crippen molar-refractivity contribution in [2.45, 2.75) is 38.5 Å². The van der Waals surface area contributed by atoms with E-state index in [2.05, 4.69) is 0 Å². The Morgan fingerprint density at radius 3 is 2.76 bits per heavy atom. The van der Waals surface area contributed by atoms with Gasteiger partial charge in [0, 0.05) is 13.2 Å². The maximum absolute atomic E-state index is 11.9. The minimum atomic E-state index is -0.279. The lowest BCUT2D eigenvalue weighted by molar-refractivity contribution is 0.0441. The number of nitrogens with zero attached hydrogens (tertiary/aromatic N) is 2. The zero-order valence-corrected chi connectivity index (χ0v) is 12.0. The van der Waals surface area contributed by atoms with Crippen LogP contribution in [0.1, 0.15) is 19.8 Å². The number of hydrogen-bond acceptors (Lipinski definition) is 3. The second kappa shape index (κ2) is 4.93. The fourth-order valence-corrected chi connectivity index (χ4v) is 2.78. The van der Waals surface area contributed by atoms with Crippen molar-refractivity contribution in [1.82, 2.24) is 9.13 Å². The standard InChI is InChI=1S/C11H15IN2O3/c1-7-3-4-8(17-7)5-14-10(15)9(12)6-13(2)11(14)16/h6-8H,3-5H2,1-2H3. The van der Waals surface area contributed by atoms with Gasteiger partial charge in [0.15, 0.2) is 0 Å². The van der Waals surface area contributed by atoms with E-state index in [9.17, 15) is 9.59 Å². The SMILES string of the molecule is CC1CCC(Cn2c(=O)c(I)cn(C)c2=O)O1. The second-order valence-electron chi connectivity index (χ2n) is 4.43. The van der Waals surface area contributed by atoms with Crippen molar-refractivity contribution in [1.29, 1.82) is 0 Å². The van der Waals surface area contributed by atoms with Gasteiger partial charge in [0.05, 0.1) is 22.3 Å². The molecule has 0 N–H and O–H groups in total. The summed E-state index contributed by atoms with van der Waals surface area (Å²) in [6.07, 6.45) is 3.65. The van der Waals surface area contributed by atoms with E-state index < -0.39 is 0 Å². The van der Waals surface area contributed by atoms with Gasteiger partial charge in [-0.25, -0.2) is 4.79 Å². The third kappa shape index (κ3) is 2.62. The minimum absolute atomic E-state index is 0.0198. The summed E-state index contributed by atoms with van der Waals surface area (Å²) in [4.78, 5) is 23.8. The maximum Gasteiger partial charge on any atom is 0.330 e. The molecule has 1 aromatic rings. The number of ether oxygens (including phenoxy) is 1. The molecule has 1 saturated heterocycles. The molecule has 94 valence electrons. The number of hydrogen-bond donors (Lipinski definition) is 0. The molecule has 0 amide bonds. The molecule has 2 heterocycles. The highest BCUT2D eigenvalue weighted by atomic mass is 127. The lowest BCUT2D eigenvalue weighted by atomic mass is 10.2. The Balaban J connectivity index is 2.33. The summed E-state index contributed by atoms with van der Waals surface area (Å²) in [5, 5.41) is 0. The Hall–Kier alpha value is -0.630. The molecule has 0 bridgehead atoms. The van der Waals surface area contributed by atoms with Gasteiger partial charge in [-0.2, -0.15) is 0 Å². The van der Waals surface area contributed by atoms with Crippen molar-refractivity contribution < 1.29 is 4.74 Å². The molecule has 1 aromatic heterocycles. The van der Waals surface area contributed by atoms with Crippen LogP contribution in [0.25, 0.3) is 0 Å². The first kappa shape index (κ1) is 12.8. The van der Waals surface area contributed by atoms with E-state index in [1.54, 1.807) is 13.2 Å². The average Bonchev–Trinajstić information content (AvgIpc) is 2.68. The van der Waals surface area contributed by atoms with Gasteiger partial charge in [-0.1, -0.05) is 0 Å². The summed E-state index contributed by atoms with van der Waals surface area (Å²) in [6, 6.07) is 0. The van der Waals surface area contributed by atoms with Gasteiger partial charge >= 0.3 is 5.69 Å². The zero-order chi connectivity index (χ0) is 12.6. The highest BCUT2D eigenvalue weighted by molar-refractivity contribution is 14.1. The quantitative estimate of drug-likeness (QED) is 0.739. The molecular weight excluding hydrogens is 335 g/mol. The third-order valence-corrected chi connectivity index (χ3v) is 3.74. The monoisotopic (exact) mass is 350 g/mol. The summed E-state index contributed by atoms with van der Waals surface area (Å²) in [7, 11) is 1.65. The Morgan fingerprint density at radius 2 is 2.18 bits per heavy atom. The molecule has 1 aliphatic rings. The molecule has 0 aliphatic carbocycles. The van der Waals surface area contributed by atoms with Crippen molar-refractivity contribution in [3.8, 4) is 0 Å². The normalized spacial score (nSPS) is 24.2. The molecule has 0 aromatic carbocycles. The molecule has 2 rings (SSSR count). The van der Waals surface area contributed by atoms with Gasteiger partial charge in [0.25, 0.3) is 5.56 Å². The van der Waals surface area contributed by atoms with Gasteiger partial charge < -0.3 is 9.30 Å². The zero-order valence-electron chi connectivity index (χ0n) is 9.85. The summed E-state index contributed by atoms with van der Waals surface area (Å²) >= 11 is 1.95. The van der Waals surface area contributed by atoms with Gasteiger partial charge in [0.2, 0.25) is 0 Å². The van der Waals surface area contributed by atoms with Crippen molar-refractivity contribution in [3.05, 3.63) is 30.6 Å². The largest absolute Gasteiger partial charge is 0.373 e. The molecule has 1 aliphatic heterocycles. The fraction of sp³-hybridized carbons (Fsp3) is 0.636. The fourth-order valence-electron chi connectivity index (χ4n) is 2.07. The molecule has 17 heavy (non-hydrogen) atoms. The topological polar surface area (TPSA) is 53.2 Å². The molecule has 6 heteroatoms. The molecule has 0 spiro atoms. The van der Waals surface area contributed by atoms with E-state index in [0.29, 0.717) is 10.1 Å². The lowest BCUT2D eigenvalue weighted by Crippen LogP contribution is -2.42. The third-order valence-electron chi connectivity index (χ3n) is 3.00. The number of rotatable bonds is 2. The summed E-state index contributed by atoms with van der Waals surface area (Å²) in [6.45, 7) is 2.36. The van der Waals surface area contributed by atoms with Crippen LogP contribution >= 0.6 is 22.6 Å². The van der Waals surface area contributed by atoms with Crippen molar-refractivity contribution in [2.24, 2.45) is 7.05 Å². The number of halogens is 1. The second-order valence-corrected chi connectivity index (χ2v) is 5.59. The molecule has 5 nitrogen and oxygen atoms in total. The van der Waals surface area contributed by atoms with Crippen molar-refractivity contribution >= 4 is 22.6 Å². The summed E-state index contributed by atoms with van der Waals surface area (Å²) in [5.74, 6) is 0. The molecule has 0 radical (unpaired) electrons. The van der Waals surface area contributed by atoms with E-state index in [4.69, 9.17) is 4.74 Å². The molecule has 0 saturated carbocycles. The van der Waals surface area contributed by atoms with Gasteiger partial charge in [-0.15, -0.1) is 0 Å². The van der Waals surface area contributed by atoms with Crippen LogP contribution in [-0.4, -0.2) is 21.3 Å². The van der Waals surface area contributed by atoms with Crippen LogP contribution in [-0.2, 0) is 18.3 Å². The van der Waals surface area contributed by atoms with E-state index in [0.717, 1.165) is 12.8 Å². The predicted octanol–water partition coefficient (Wildman–Crippen LogP) is 0.719. The van der Waals surface area contributed by atoms with E-state index in [1.807, 2.05) is 29.5 Å².